The second-order valence-corrected chi connectivity index (χ2v) is 12.9. The number of nitrogens with one attached hydrogen (secondary N) is 1. The van der Waals surface area contributed by atoms with Crippen molar-refractivity contribution in [3.63, 3.8) is 0 Å². The zero-order valence-electron chi connectivity index (χ0n) is 22.7. The Morgan fingerprint density at radius 2 is 1.55 bits per heavy atom. The quantitative estimate of drug-likeness (QED) is 0.289. The fourth-order valence-electron chi connectivity index (χ4n) is 4.23. The van der Waals surface area contributed by atoms with Crippen LogP contribution in [0.5, 0.6) is 0 Å². The molecule has 2 amide bonds. The summed E-state index contributed by atoms with van der Waals surface area (Å²) >= 11 is 18.6. The number of nitrogens with zero attached hydrogens (tertiary/aromatic N) is 2. The maximum atomic E-state index is 14.1. The molecule has 0 spiro atoms. The lowest BCUT2D eigenvalue weighted by Gasteiger charge is -2.34. The van der Waals surface area contributed by atoms with E-state index in [0.717, 1.165) is 16.1 Å². The van der Waals surface area contributed by atoms with E-state index in [-0.39, 0.29) is 30.6 Å². The van der Waals surface area contributed by atoms with Gasteiger partial charge in [-0.3, -0.25) is 13.9 Å². The largest absolute Gasteiger partial charge is 0.352 e. The van der Waals surface area contributed by atoms with E-state index in [0.29, 0.717) is 26.2 Å². The molecule has 0 saturated carbocycles. The van der Waals surface area contributed by atoms with Crippen LogP contribution >= 0.6 is 34.8 Å². The van der Waals surface area contributed by atoms with Gasteiger partial charge >= 0.3 is 0 Å². The number of hydrogen-bond acceptors (Lipinski definition) is 4. The van der Waals surface area contributed by atoms with Gasteiger partial charge in [-0.15, -0.1) is 0 Å². The third-order valence-electron chi connectivity index (χ3n) is 6.23. The Kier molecular flexibility index (Phi) is 10.9. The van der Waals surface area contributed by atoms with E-state index in [2.05, 4.69) is 5.32 Å². The van der Waals surface area contributed by atoms with E-state index < -0.39 is 28.5 Å². The summed E-state index contributed by atoms with van der Waals surface area (Å²) in [4.78, 5) is 29.1. The topological polar surface area (TPSA) is 86.8 Å². The van der Waals surface area contributed by atoms with E-state index in [9.17, 15) is 18.0 Å². The first-order valence-electron chi connectivity index (χ1n) is 12.6. The number of carbonyl (C=O) groups is 2. The molecule has 7 nitrogen and oxygen atoms in total. The Hall–Kier alpha value is -2.78. The van der Waals surface area contributed by atoms with E-state index in [1.165, 1.54) is 4.90 Å². The number of carbonyl (C=O) groups excluding carboxylic acids is 2. The van der Waals surface area contributed by atoms with Gasteiger partial charge in [0.15, 0.2) is 0 Å². The first-order chi connectivity index (χ1) is 18.8. The van der Waals surface area contributed by atoms with Crippen molar-refractivity contribution in [1.29, 1.82) is 0 Å². The summed E-state index contributed by atoms with van der Waals surface area (Å²) < 4.78 is 26.9. The highest BCUT2D eigenvalue weighted by molar-refractivity contribution is 7.92. The highest BCUT2D eigenvalue weighted by Crippen LogP contribution is 2.29. The Morgan fingerprint density at radius 1 is 0.875 bits per heavy atom. The SMILES string of the molecule is Cc1c(Cl)cccc1N(CC(=O)N(Cc1ccc(Cl)c(Cl)c1)[C@H](Cc1ccccc1)C(=O)NC(C)C)S(C)(=O)=O. The maximum Gasteiger partial charge on any atom is 0.244 e. The molecule has 0 bridgehead atoms. The van der Waals surface area contributed by atoms with Crippen LogP contribution in [0, 0.1) is 6.92 Å². The smallest absolute Gasteiger partial charge is 0.244 e. The van der Waals surface area contributed by atoms with Gasteiger partial charge in [-0.05, 0) is 61.7 Å². The normalized spacial score (nSPS) is 12.2. The number of amides is 2. The molecular weight excluding hydrogens is 593 g/mol. The molecule has 1 atom stereocenters. The van der Waals surface area contributed by atoms with Crippen molar-refractivity contribution in [2.24, 2.45) is 0 Å². The summed E-state index contributed by atoms with van der Waals surface area (Å²) in [6.45, 7) is 4.79. The molecule has 0 heterocycles. The summed E-state index contributed by atoms with van der Waals surface area (Å²) in [7, 11) is -3.91. The molecule has 0 saturated heterocycles. The molecule has 0 aliphatic carbocycles. The Labute approximate surface area is 251 Å². The molecule has 0 aromatic heterocycles. The van der Waals surface area contributed by atoms with Gasteiger partial charge in [0.1, 0.15) is 12.6 Å². The average molecular weight is 625 g/mol. The molecule has 0 unspecified atom stereocenters. The van der Waals surface area contributed by atoms with Gasteiger partial charge in [-0.2, -0.15) is 0 Å². The average Bonchev–Trinajstić information content (AvgIpc) is 2.88. The minimum absolute atomic E-state index is 0.00906. The van der Waals surface area contributed by atoms with Crippen LogP contribution in [-0.2, 0) is 32.6 Å². The molecule has 3 rings (SSSR count). The van der Waals surface area contributed by atoms with E-state index in [4.69, 9.17) is 34.8 Å². The molecule has 0 aliphatic rings. The van der Waals surface area contributed by atoms with Gasteiger partial charge < -0.3 is 10.2 Å². The lowest BCUT2D eigenvalue weighted by Crippen LogP contribution is -2.54. The van der Waals surface area contributed by atoms with Crippen molar-refractivity contribution < 1.29 is 18.0 Å². The van der Waals surface area contributed by atoms with Crippen molar-refractivity contribution in [2.45, 2.75) is 45.8 Å². The van der Waals surface area contributed by atoms with Gasteiger partial charge in [0.25, 0.3) is 0 Å². The van der Waals surface area contributed by atoms with Crippen molar-refractivity contribution >= 4 is 62.3 Å². The van der Waals surface area contributed by atoms with Gasteiger partial charge in [0.05, 0.1) is 22.0 Å². The summed E-state index contributed by atoms with van der Waals surface area (Å²) in [6, 6.07) is 18.0. The second kappa shape index (κ2) is 13.7. The molecule has 11 heteroatoms. The minimum Gasteiger partial charge on any atom is -0.352 e. The lowest BCUT2D eigenvalue weighted by atomic mass is 10.0. The van der Waals surface area contributed by atoms with Crippen LogP contribution in [0.15, 0.2) is 66.7 Å². The standard InChI is InChI=1S/C29H32Cl3N3O4S/c1-19(2)33-29(37)27(16-21-9-6-5-7-10-21)34(17-22-13-14-24(31)25(32)15-22)28(36)18-35(40(4,38)39)26-12-8-11-23(30)20(26)3/h5-15,19,27H,16-18H2,1-4H3,(H,33,37)/t27-/m1/s1. The van der Waals surface area contributed by atoms with Crippen molar-refractivity contribution in [3.05, 3.63) is 98.5 Å². The Balaban J connectivity index is 2.10. The summed E-state index contributed by atoms with van der Waals surface area (Å²) in [5.41, 5.74) is 2.26. The van der Waals surface area contributed by atoms with Crippen LogP contribution in [0.2, 0.25) is 15.1 Å². The number of rotatable bonds is 11. The first-order valence-corrected chi connectivity index (χ1v) is 15.6. The van der Waals surface area contributed by atoms with Crippen LogP contribution in [-0.4, -0.2) is 50.0 Å². The summed E-state index contributed by atoms with van der Waals surface area (Å²) in [5, 5.41) is 3.92. The molecule has 214 valence electrons. The second-order valence-electron chi connectivity index (χ2n) is 9.79. The maximum absolute atomic E-state index is 14.1. The van der Waals surface area contributed by atoms with Gasteiger partial charge in [-0.1, -0.05) is 77.3 Å². The summed E-state index contributed by atoms with van der Waals surface area (Å²) in [6.07, 6.45) is 1.23. The number of sulfonamides is 1. The Morgan fingerprint density at radius 3 is 2.15 bits per heavy atom. The summed E-state index contributed by atoms with van der Waals surface area (Å²) in [5.74, 6) is -0.937. The zero-order chi connectivity index (χ0) is 29.6. The number of hydrogen-bond donors (Lipinski definition) is 1. The van der Waals surface area contributed by atoms with Crippen LogP contribution in [0.3, 0.4) is 0 Å². The van der Waals surface area contributed by atoms with Crippen LogP contribution in [0.4, 0.5) is 5.69 Å². The fourth-order valence-corrected chi connectivity index (χ4v) is 5.62. The molecule has 0 fully saturated rings. The van der Waals surface area contributed by atoms with E-state index >= 15 is 0 Å². The monoisotopic (exact) mass is 623 g/mol. The van der Waals surface area contributed by atoms with Crippen LogP contribution in [0.25, 0.3) is 0 Å². The van der Waals surface area contributed by atoms with Gasteiger partial charge in [-0.25, -0.2) is 8.42 Å². The van der Waals surface area contributed by atoms with E-state index in [1.807, 2.05) is 44.2 Å². The highest BCUT2D eigenvalue weighted by atomic mass is 35.5. The molecule has 40 heavy (non-hydrogen) atoms. The number of anilines is 1. The molecule has 3 aromatic carbocycles. The zero-order valence-corrected chi connectivity index (χ0v) is 25.8. The number of benzene rings is 3. The Bertz CT molecular complexity index is 1470. The predicted octanol–water partition coefficient (Wildman–Crippen LogP) is 5.89. The highest BCUT2D eigenvalue weighted by Gasteiger charge is 2.33. The molecular formula is C29H32Cl3N3O4S. The molecule has 3 aromatic rings. The van der Waals surface area contributed by atoms with E-state index in [1.54, 1.807) is 43.3 Å². The fraction of sp³-hybridized carbons (Fsp3) is 0.310. The molecule has 0 aliphatic heterocycles. The van der Waals surface area contributed by atoms with Gasteiger partial charge in [0.2, 0.25) is 21.8 Å². The number of halogens is 3. The third kappa shape index (κ3) is 8.36. The lowest BCUT2D eigenvalue weighted by molar-refractivity contribution is -0.140. The first kappa shape index (κ1) is 31.7. The van der Waals surface area contributed by atoms with Crippen molar-refractivity contribution in [3.8, 4) is 0 Å². The predicted molar refractivity (Wildman–Crippen MR) is 163 cm³/mol. The minimum atomic E-state index is -3.91. The van der Waals surface area contributed by atoms with Gasteiger partial charge in [0, 0.05) is 24.0 Å². The molecule has 1 N–H and O–H groups in total. The van der Waals surface area contributed by atoms with Crippen LogP contribution in [0.1, 0.15) is 30.5 Å². The molecule has 0 radical (unpaired) electrons. The van der Waals surface area contributed by atoms with Crippen molar-refractivity contribution in [1.82, 2.24) is 10.2 Å². The van der Waals surface area contributed by atoms with Crippen LogP contribution < -0.4 is 9.62 Å². The van der Waals surface area contributed by atoms with Crippen molar-refractivity contribution in [2.75, 3.05) is 17.1 Å². The third-order valence-corrected chi connectivity index (χ3v) is 8.50.